The molecule has 0 bridgehead atoms. The Balaban J connectivity index is 2.98. The zero-order valence-electron chi connectivity index (χ0n) is 11.0. The number of hydrogen-bond donors (Lipinski definition) is 2. The summed E-state index contributed by atoms with van der Waals surface area (Å²) in [5.74, 6) is 0.0426. The van der Waals surface area contributed by atoms with Crippen LogP contribution in [-0.2, 0) is 9.59 Å². The number of benzene rings is 1. The minimum Gasteiger partial charge on any atom is -0.356 e. The van der Waals surface area contributed by atoms with Gasteiger partial charge in [0.25, 0.3) is 0 Å². The molecule has 4 nitrogen and oxygen atoms in total. The van der Waals surface area contributed by atoms with E-state index in [1.54, 1.807) is 0 Å². The molecule has 0 fully saturated rings. The summed E-state index contributed by atoms with van der Waals surface area (Å²) in [6.45, 7) is 5.89. The van der Waals surface area contributed by atoms with Crippen LogP contribution in [0.2, 0.25) is 0 Å². The molecular weight excluding hydrogens is 228 g/mol. The van der Waals surface area contributed by atoms with Crippen LogP contribution >= 0.6 is 0 Å². The lowest BCUT2D eigenvalue weighted by atomic mass is 9.86. The maximum atomic E-state index is 10.6. The normalized spacial score (nSPS) is 15.3. The molecule has 0 aliphatic heterocycles. The van der Waals surface area contributed by atoms with Gasteiger partial charge in [0.2, 0.25) is 12.8 Å². The van der Waals surface area contributed by atoms with Gasteiger partial charge >= 0.3 is 0 Å². The molecule has 4 heteroatoms. The summed E-state index contributed by atoms with van der Waals surface area (Å²) in [7, 11) is 0. The highest BCUT2D eigenvalue weighted by Crippen LogP contribution is 2.24. The molecule has 2 unspecified atom stereocenters. The first-order valence-corrected chi connectivity index (χ1v) is 6.06. The standard InChI is InChI=1S/C14H20N2O2/c1-10-4-6-13(7-5-10)14(11(2)15-8-17)12(3)16-9-18/h4-9,11-12,14H,1-3H3,(H,15,17)(H,16,18). The van der Waals surface area contributed by atoms with Crippen molar-refractivity contribution in [3.63, 3.8) is 0 Å². The smallest absolute Gasteiger partial charge is 0.207 e. The molecule has 98 valence electrons. The molecule has 0 aromatic heterocycles. The summed E-state index contributed by atoms with van der Waals surface area (Å²) in [6, 6.07) is 8.03. The second-order valence-corrected chi connectivity index (χ2v) is 4.58. The Morgan fingerprint density at radius 3 is 1.78 bits per heavy atom. The zero-order valence-corrected chi connectivity index (χ0v) is 11.0. The molecule has 18 heavy (non-hydrogen) atoms. The second-order valence-electron chi connectivity index (χ2n) is 4.58. The van der Waals surface area contributed by atoms with Crippen LogP contribution in [0, 0.1) is 6.92 Å². The Labute approximate surface area is 108 Å². The molecule has 2 atom stereocenters. The Morgan fingerprint density at radius 2 is 1.39 bits per heavy atom. The number of rotatable bonds is 7. The van der Waals surface area contributed by atoms with Gasteiger partial charge in [-0.25, -0.2) is 0 Å². The highest BCUT2D eigenvalue weighted by Gasteiger charge is 2.24. The van der Waals surface area contributed by atoms with Crippen LogP contribution < -0.4 is 10.6 Å². The third-order valence-electron chi connectivity index (χ3n) is 3.20. The van der Waals surface area contributed by atoms with Crippen molar-refractivity contribution in [2.45, 2.75) is 38.8 Å². The van der Waals surface area contributed by atoms with E-state index >= 15 is 0 Å². The second kappa shape index (κ2) is 6.79. The third kappa shape index (κ3) is 3.58. The molecule has 2 amide bonds. The SMILES string of the molecule is Cc1ccc(C(C(C)NC=O)C(C)NC=O)cc1. The Kier molecular flexibility index (Phi) is 5.36. The van der Waals surface area contributed by atoms with E-state index in [-0.39, 0.29) is 18.0 Å². The number of nitrogens with one attached hydrogen (secondary N) is 2. The van der Waals surface area contributed by atoms with E-state index in [9.17, 15) is 9.59 Å². The van der Waals surface area contributed by atoms with Crippen LogP contribution in [0.4, 0.5) is 0 Å². The number of amides is 2. The van der Waals surface area contributed by atoms with Crippen molar-refractivity contribution < 1.29 is 9.59 Å². The lowest BCUT2D eigenvalue weighted by Gasteiger charge is -2.29. The van der Waals surface area contributed by atoms with Crippen molar-refractivity contribution in [3.8, 4) is 0 Å². The summed E-state index contributed by atoms with van der Waals surface area (Å²) in [4.78, 5) is 21.2. The quantitative estimate of drug-likeness (QED) is 0.716. The van der Waals surface area contributed by atoms with Gasteiger partial charge in [0.15, 0.2) is 0 Å². The van der Waals surface area contributed by atoms with Gasteiger partial charge in [-0.15, -0.1) is 0 Å². The van der Waals surface area contributed by atoms with Crippen LogP contribution in [0.3, 0.4) is 0 Å². The van der Waals surface area contributed by atoms with Crippen molar-refractivity contribution in [2.75, 3.05) is 0 Å². The molecule has 0 saturated carbocycles. The molecule has 0 aliphatic carbocycles. The van der Waals surface area contributed by atoms with Gasteiger partial charge in [-0.3, -0.25) is 9.59 Å². The number of carbonyl (C=O) groups excluding carboxylic acids is 2. The maximum Gasteiger partial charge on any atom is 0.207 e. The highest BCUT2D eigenvalue weighted by molar-refractivity contribution is 5.49. The third-order valence-corrected chi connectivity index (χ3v) is 3.20. The number of hydrogen-bond acceptors (Lipinski definition) is 2. The predicted octanol–water partition coefficient (Wildman–Crippen LogP) is 1.35. The fourth-order valence-electron chi connectivity index (χ4n) is 2.22. The largest absolute Gasteiger partial charge is 0.356 e. The van der Waals surface area contributed by atoms with Crippen LogP contribution in [0.5, 0.6) is 0 Å². The lowest BCUT2D eigenvalue weighted by molar-refractivity contribution is -0.110. The van der Waals surface area contributed by atoms with Crippen LogP contribution in [-0.4, -0.2) is 24.9 Å². The minimum absolute atomic E-state index is 0.0426. The van der Waals surface area contributed by atoms with Crippen molar-refractivity contribution in [3.05, 3.63) is 35.4 Å². The van der Waals surface area contributed by atoms with Crippen molar-refractivity contribution in [1.82, 2.24) is 10.6 Å². The summed E-state index contributed by atoms with van der Waals surface area (Å²) in [5.41, 5.74) is 2.29. The van der Waals surface area contributed by atoms with Gasteiger partial charge < -0.3 is 10.6 Å². The molecule has 0 spiro atoms. The van der Waals surface area contributed by atoms with E-state index in [0.717, 1.165) is 5.56 Å². The molecule has 1 rings (SSSR count). The highest BCUT2D eigenvalue weighted by atomic mass is 16.1. The van der Waals surface area contributed by atoms with Gasteiger partial charge in [-0.05, 0) is 26.3 Å². The van der Waals surface area contributed by atoms with E-state index in [1.165, 1.54) is 5.56 Å². The van der Waals surface area contributed by atoms with E-state index in [4.69, 9.17) is 0 Å². The molecule has 1 aromatic carbocycles. The Hall–Kier alpha value is -1.84. The Morgan fingerprint density at radius 1 is 0.944 bits per heavy atom. The van der Waals surface area contributed by atoms with Crippen molar-refractivity contribution >= 4 is 12.8 Å². The minimum atomic E-state index is -0.0485. The Bertz CT molecular complexity index is 373. The van der Waals surface area contributed by atoms with Crippen LogP contribution in [0.15, 0.2) is 24.3 Å². The van der Waals surface area contributed by atoms with Crippen LogP contribution in [0.25, 0.3) is 0 Å². The average Bonchev–Trinajstić information content (AvgIpc) is 2.33. The van der Waals surface area contributed by atoms with E-state index < -0.39 is 0 Å². The van der Waals surface area contributed by atoms with Gasteiger partial charge in [-0.1, -0.05) is 29.8 Å². The fraction of sp³-hybridized carbons (Fsp3) is 0.429. The van der Waals surface area contributed by atoms with Crippen molar-refractivity contribution in [1.29, 1.82) is 0 Å². The zero-order chi connectivity index (χ0) is 13.5. The summed E-state index contributed by atoms with van der Waals surface area (Å²) in [5, 5.41) is 5.52. The first-order valence-electron chi connectivity index (χ1n) is 6.06. The molecule has 0 aliphatic rings. The number of carbonyl (C=O) groups is 2. The fourth-order valence-corrected chi connectivity index (χ4v) is 2.22. The average molecular weight is 248 g/mol. The molecule has 0 heterocycles. The van der Waals surface area contributed by atoms with Gasteiger partial charge in [0.05, 0.1) is 0 Å². The topological polar surface area (TPSA) is 58.2 Å². The van der Waals surface area contributed by atoms with Gasteiger partial charge in [0, 0.05) is 18.0 Å². The summed E-state index contributed by atoms with van der Waals surface area (Å²) < 4.78 is 0. The first-order chi connectivity index (χ1) is 8.60. The molecular formula is C14H20N2O2. The lowest BCUT2D eigenvalue weighted by Crippen LogP contribution is -2.42. The van der Waals surface area contributed by atoms with Gasteiger partial charge in [0.1, 0.15) is 0 Å². The van der Waals surface area contributed by atoms with Gasteiger partial charge in [-0.2, -0.15) is 0 Å². The first kappa shape index (κ1) is 14.2. The summed E-state index contributed by atoms with van der Waals surface area (Å²) in [6.07, 6.45) is 1.39. The number of aryl methyl sites for hydroxylation is 1. The van der Waals surface area contributed by atoms with Crippen LogP contribution in [0.1, 0.15) is 30.9 Å². The maximum absolute atomic E-state index is 10.6. The molecule has 0 saturated heterocycles. The summed E-state index contributed by atoms with van der Waals surface area (Å²) >= 11 is 0. The molecule has 2 N–H and O–H groups in total. The molecule has 0 radical (unpaired) electrons. The van der Waals surface area contributed by atoms with Crippen molar-refractivity contribution in [2.24, 2.45) is 0 Å². The monoisotopic (exact) mass is 248 g/mol. The molecule has 1 aromatic rings. The predicted molar refractivity (Wildman–Crippen MR) is 71.2 cm³/mol. The van der Waals surface area contributed by atoms with E-state index in [1.807, 2.05) is 45.0 Å². The van der Waals surface area contributed by atoms with E-state index in [2.05, 4.69) is 10.6 Å². The van der Waals surface area contributed by atoms with E-state index in [0.29, 0.717) is 12.8 Å².